The van der Waals surface area contributed by atoms with Crippen molar-refractivity contribution in [3.63, 3.8) is 0 Å². The van der Waals surface area contributed by atoms with Gasteiger partial charge in [0, 0.05) is 0 Å². The third kappa shape index (κ3) is 2.90. The smallest absolute Gasteiger partial charge is 0.277 e. The zero-order valence-electron chi connectivity index (χ0n) is 9.14. The Balaban J connectivity index is 2.04. The van der Waals surface area contributed by atoms with Crippen molar-refractivity contribution < 1.29 is 13.9 Å². The summed E-state index contributed by atoms with van der Waals surface area (Å²) < 4.78 is 10.6. The van der Waals surface area contributed by atoms with Crippen molar-refractivity contribution in [3.05, 3.63) is 18.1 Å². The molecule has 0 saturated carbocycles. The van der Waals surface area contributed by atoms with Gasteiger partial charge in [0.15, 0.2) is 0 Å². The molecule has 88 valence electrons. The SMILES string of the molecule is Cc1occc1-c1nnc(SCC#CCO)o1. The fraction of sp³-hybridized carbons (Fsp3) is 0.273. The van der Waals surface area contributed by atoms with Crippen molar-refractivity contribution in [1.82, 2.24) is 10.2 Å². The van der Waals surface area contributed by atoms with Crippen molar-refractivity contribution in [1.29, 1.82) is 0 Å². The number of nitrogens with zero attached hydrogens (tertiary/aromatic N) is 2. The van der Waals surface area contributed by atoms with Crippen LogP contribution in [0, 0.1) is 18.8 Å². The predicted octanol–water partition coefficient (Wildman–Crippen LogP) is 1.73. The molecule has 2 rings (SSSR count). The maximum Gasteiger partial charge on any atom is 0.277 e. The molecule has 17 heavy (non-hydrogen) atoms. The van der Waals surface area contributed by atoms with Crippen molar-refractivity contribution in [2.75, 3.05) is 12.4 Å². The first-order valence-corrected chi connectivity index (χ1v) is 5.87. The molecule has 0 amide bonds. The van der Waals surface area contributed by atoms with Gasteiger partial charge < -0.3 is 13.9 Å². The van der Waals surface area contributed by atoms with E-state index in [0.29, 0.717) is 16.9 Å². The Morgan fingerprint density at radius 3 is 3.00 bits per heavy atom. The van der Waals surface area contributed by atoms with Crippen LogP contribution in [0.3, 0.4) is 0 Å². The van der Waals surface area contributed by atoms with Crippen molar-refractivity contribution in [2.24, 2.45) is 0 Å². The van der Waals surface area contributed by atoms with E-state index in [-0.39, 0.29) is 6.61 Å². The molecule has 2 heterocycles. The summed E-state index contributed by atoms with van der Waals surface area (Å²) in [4.78, 5) is 0. The minimum absolute atomic E-state index is 0.135. The summed E-state index contributed by atoms with van der Waals surface area (Å²) in [6, 6.07) is 1.78. The Labute approximate surface area is 102 Å². The number of thioether (sulfide) groups is 1. The van der Waals surface area contributed by atoms with Gasteiger partial charge in [-0.1, -0.05) is 23.6 Å². The molecular weight excluding hydrogens is 240 g/mol. The zero-order chi connectivity index (χ0) is 12.1. The molecule has 0 atom stereocenters. The Hall–Kier alpha value is -1.71. The minimum Gasteiger partial charge on any atom is -0.469 e. The van der Waals surface area contributed by atoms with Crippen LogP contribution < -0.4 is 0 Å². The van der Waals surface area contributed by atoms with Crippen molar-refractivity contribution in [3.8, 4) is 23.3 Å². The van der Waals surface area contributed by atoms with Gasteiger partial charge in [-0.15, -0.1) is 10.2 Å². The van der Waals surface area contributed by atoms with Gasteiger partial charge in [0.05, 0.1) is 17.6 Å². The lowest BCUT2D eigenvalue weighted by atomic mass is 10.3. The highest BCUT2D eigenvalue weighted by atomic mass is 32.2. The first-order chi connectivity index (χ1) is 8.31. The maximum atomic E-state index is 8.48. The predicted molar refractivity (Wildman–Crippen MR) is 62.3 cm³/mol. The number of hydrogen-bond donors (Lipinski definition) is 1. The molecule has 0 aromatic carbocycles. The van der Waals surface area contributed by atoms with E-state index in [9.17, 15) is 0 Å². The molecule has 6 heteroatoms. The van der Waals surface area contributed by atoms with Gasteiger partial charge in [0.1, 0.15) is 12.4 Å². The van der Waals surface area contributed by atoms with E-state index < -0.39 is 0 Å². The molecular formula is C11H10N2O3S. The molecule has 2 aromatic heterocycles. The Bertz CT molecular complexity index is 550. The van der Waals surface area contributed by atoms with Crippen LogP contribution in [-0.4, -0.2) is 27.7 Å². The Morgan fingerprint density at radius 1 is 1.41 bits per heavy atom. The first kappa shape index (κ1) is 11.8. The summed E-state index contributed by atoms with van der Waals surface area (Å²) in [5, 5.41) is 16.7. The second-order valence-corrected chi connectivity index (χ2v) is 3.99. The van der Waals surface area contributed by atoms with Gasteiger partial charge in [-0.25, -0.2) is 0 Å². The standard InChI is InChI=1S/C11H10N2O3S/c1-8-9(4-6-15-8)10-12-13-11(16-10)17-7-3-2-5-14/h4,6,14H,5,7H2,1H3. The molecule has 0 spiro atoms. The Morgan fingerprint density at radius 2 is 2.29 bits per heavy atom. The van der Waals surface area contributed by atoms with Crippen LogP contribution in [0.4, 0.5) is 0 Å². The van der Waals surface area contributed by atoms with Gasteiger partial charge in [-0.2, -0.15) is 0 Å². The average Bonchev–Trinajstić information content (AvgIpc) is 2.93. The second-order valence-electron chi connectivity index (χ2n) is 3.06. The van der Waals surface area contributed by atoms with Gasteiger partial charge in [0.25, 0.3) is 11.1 Å². The lowest BCUT2D eigenvalue weighted by Crippen LogP contribution is -1.77. The summed E-state index contributed by atoms with van der Waals surface area (Å²) >= 11 is 1.33. The van der Waals surface area contributed by atoms with Crippen LogP contribution in [0.25, 0.3) is 11.5 Å². The molecule has 0 unspecified atom stereocenters. The zero-order valence-corrected chi connectivity index (χ0v) is 9.95. The molecule has 0 saturated heterocycles. The number of aryl methyl sites for hydroxylation is 1. The lowest BCUT2D eigenvalue weighted by molar-refractivity contribution is 0.350. The quantitative estimate of drug-likeness (QED) is 0.660. The summed E-state index contributed by atoms with van der Waals surface area (Å²) in [6.45, 7) is 1.70. The van der Waals surface area contributed by atoms with Gasteiger partial charge >= 0.3 is 0 Å². The number of hydrogen-bond acceptors (Lipinski definition) is 6. The number of rotatable bonds is 3. The van der Waals surface area contributed by atoms with E-state index in [4.69, 9.17) is 13.9 Å². The fourth-order valence-corrected chi connectivity index (χ4v) is 1.72. The molecule has 0 bridgehead atoms. The molecule has 2 aromatic rings. The average molecular weight is 250 g/mol. The molecule has 5 nitrogen and oxygen atoms in total. The van der Waals surface area contributed by atoms with E-state index >= 15 is 0 Å². The van der Waals surface area contributed by atoms with Crippen LogP contribution in [0.2, 0.25) is 0 Å². The molecule has 0 aliphatic carbocycles. The highest BCUT2D eigenvalue weighted by molar-refractivity contribution is 7.99. The second kappa shape index (κ2) is 5.57. The Kier molecular flexibility index (Phi) is 3.85. The molecule has 0 aliphatic rings. The summed E-state index contributed by atoms with van der Waals surface area (Å²) in [6.07, 6.45) is 1.58. The van der Waals surface area contributed by atoms with Crippen molar-refractivity contribution in [2.45, 2.75) is 12.1 Å². The van der Waals surface area contributed by atoms with E-state index in [2.05, 4.69) is 22.0 Å². The number of aliphatic hydroxyl groups is 1. The fourth-order valence-electron chi connectivity index (χ4n) is 1.19. The highest BCUT2D eigenvalue weighted by Crippen LogP contribution is 2.25. The van der Waals surface area contributed by atoms with Gasteiger partial charge in [-0.3, -0.25) is 0 Å². The number of aliphatic hydroxyl groups excluding tert-OH is 1. The molecule has 1 N–H and O–H groups in total. The normalized spacial score (nSPS) is 10.0. The van der Waals surface area contributed by atoms with Crippen molar-refractivity contribution >= 4 is 11.8 Å². The first-order valence-electron chi connectivity index (χ1n) is 4.88. The molecule has 0 radical (unpaired) electrons. The summed E-state index contributed by atoms with van der Waals surface area (Å²) in [7, 11) is 0. The van der Waals surface area contributed by atoms with Crippen LogP contribution in [0.1, 0.15) is 5.76 Å². The third-order valence-electron chi connectivity index (χ3n) is 1.97. The number of aromatic nitrogens is 2. The van der Waals surface area contributed by atoms with Crippen LogP contribution in [-0.2, 0) is 0 Å². The maximum absolute atomic E-state index is 8.48. The summed E-state index contributed by atoms with van der Waals surface area (Å²) in [5.74, 6) is 6.98. The topological polar surface area (TPSA) is 72.3 Å². The highest BCUT2D eigenvalue weighted by Gasteiger charge is 2.12. The van der Waals surface area contributed by atoms with E-state index in [1.807, 2.05) is 6.92 Å². The largest absolute Gasteiger partial charge is 0.469 e. The minimum atomic E-state index is -0.135. The monoisotopic (exact) mass is 250 g/mol. The van der Waals surface area contributed by atoms with Gasteiger partial charge in [-0.05, 0) is 13.0 Å². The number of furan rings is 1. The summed E-state index contributed by atoms with van der Waals surface area (Å²) in [5.41, 5.74) is 0.797. The lowest BCUT2D eigenvalue weighted by Gasteiger charge is -1.89. The molecule has 0 aliphatic heterocycles. The van der Waals surface area contributed by atoms with E-state index in [1.54, 1.807) is 12.3 Å². The van der Waals surface area contributed by atoms with Crippen LogP contribution in [0.15, 0.2) is 26.4 Å². The third-order valence-corrected chi connectivity index (χ3v) is 2.67. The van der Waals surface area contributed by atoms with Crippen LogP contribution in [0.5, 0.6) is 0 Å². The van der Waals surface area contributed by atoms with E-state index in [0.717, 1.165) is 11.3 Å². The van der Waals surface area contributed by atoms with Crippen LogP contribution >= 0.6 is 11.8 Å². The molecule has 0 fully saturated rings. The van der Waals surface area contributed by atoms with Gasteiger partial charge in [0.2, 0.25) is 0 Å². The van der Waals surface area contributed by atoms with E-state index in [1.165, 1.54) is 11.8 Å².